The predicted octanol–water partition coefficient (Wildman–Crippen LogP) is 3.50. The minimum absolute atomic E-state index is 0.149. The van der Waals surface area contributed by atoms with Crippen molar-refractivity contribution in [1.29, 1.82) is 0 Å². The second-order valence-corrected chi connectivity index (χ2v) is 6.72. The van der Waals surface area contributed by atoms with E-state index < -0.39 is 0 Å². The number of nitrogens with zero attached hydrogens (tertiary/aromatic N) is 3. The van der Waals surface area contributed by atoms with Crippen LogP contribution >= 0.6 is 11.3 Å². The van der Waals surface area contributed by atoms with Gasteiger partial charge in [-0.1, -0.05) is 41.2 Å². The Morgan fingerprint density at radius 1 is 1.17 bits per heavy atom. The van der Waals surface area contributed by atoms with Crippen LogP contribution in [0.3, 0.4) is 0 Å². The summed E-state index contributed by atoms with van der Waals surface area (Å²) in [5.41, 5.74) is 2.82. The third-order valence-corrected chi connectivity index (χ3v) is 4.71. The lowest BCUT2D eigenvalue weighted by Gasteiger charge is -2.07. The van der Waals surface area contributed by atoms with Gasteiger partial charge in [-0.2, -0.15) is 9.61 Å². The second kappa shape index (κ2) is 5.72. The van der Waals surface area contributed by atoms with E-state index in [0.29, 0.717) is 22.5 Å². The molecule has 120 valence electrons. The maximum Gasteiger partial charge on any atom is 0.283 e. The normalized spacial score (nSPS) is 11.2. The number of hydrogen-bond acceptors (Lipinski definition) is 5. The summed E-state index contributed by atoms with van der Waals surface area (Å²) in [6.45, 7) is 4.38. The van der Waals surface area contributed by atoms with Gasteiger partial charge in [0.1, 0.15) is 12.4 Å². The van der Waals surface area contributed by atoms with Crippen LogP contribution in [0.2, 0.25) is 0 Å². The fraction of sp³-hybridized carbons (Fsp3) is 0.167. The lowest BCUT2D eigenvalue weighted by molar-refractivity contribution is 0.302. The maximum absolute atomic E-state index is 12.5. The molecule has 0 spiro atoms. The Bertz CT molecular complexity index is 1110. The van der Waals surface area contributed by atoms with Crippen LogP contribution in [0.25, 0.3) is 15.9 Å². The molecule has 24 heavy (non-hydrogen) atoms. The van der Waals surface area contributed by atoms with Crippen molar-refractivity contribution in [2.45, 2.75) is 20.5 Å². The molecule has 0 saturated heterocycles. The van der Waals surface area contributed by atoms with Crippen LogP contribution in [0.1, 0.15) is 16.1 Å². The summed E-state index contributed by atoms with van der Waals surface area (Å²) in [6, 6.07) is 13.3. The van der Waals surface area contributed by atoms with Gasteiger partial charge in [0.05, 0.1) is 10.9 Å². The highest BCUT2D eigenvalue weighted by Gasteiger charge is 2.11. The van der Waals surface area contributed by atoms with Crippen LogP contribution in [-0.4, -0.2) is 14.6 Å². The van der Waals surface area contributed by atoms with Crippen LogP contribution in [0, 0.1) is 13.8 Å². The molecule has 0 amide bonds. The third-order valence-electron chi connectivity index (χ3n) is 3.83. The SMILES string of the molecule is Cc1ccc(OCc2nn3c(=O)c4ccccc4nc3s2)c(C)c1. The van der Waals surface area contributed by atoms with Crippen molar-refractivity contribution in [3.8, 4) is 5.75 Å². The molecule has 0 N–H and O–H groups in total. The van der Waals surface area contributed by atoms with Gasteiger partial charge >= 0.3 is 0 Å². The highest BCUT2D eigenvalue weighted by atomic mass is 32.1. The Kier molecular flexibility index (Phi) is 3.54. The summed E-state index contributed by atoms with van der Waals surface area (Å²) in [4.78, 5) is 17.6. The van der Waals surface area contributed by atoms with E-state index in [9.17, 15) is 4.79 Å². The van der Waals surface area contributed by atoms with Crippen LogP contribution in [0.5, 0.6) is 5.75 Å². The van der Waals surface area contributed by atoms with Crippen LogP contribution in [0.4, 0.5) is 0 Å². The van der Waals surface area contributed by atoms with Crippen molar-refractivity contribution in [3.05, 3.63) is 69.0 Å². The number of hydrogen-bond donors (Lipinski definition) is 0. The lowest BCUT2D eigenvalue weighted by Crippen LogP contribution is -2.15. The first-order valence-corrected chi connectivity index (χ1v) is 8.41. The van der Waals surface area contributed by atoms with E-state index in [0.717, 1.165) is 16.3 Å². The van der Waals surface area contributed by atoms with Gasteiger partial charge in [0.25, 0.3) is 5.56 Å². The van der Waals surface area contributed by atoms with Crippen LogP contribution in [-0.2, 0) is 6.61 Å². The molecule has 0 fully saturated rings. The molecule has 0 aliphatic carbocycles. The molecular formula is C18H15N3O2S. The highest BCUT2D eigenvalue weighted by Crippen LogP contribution is 2.21. The monoisotopic (exact) mass is 337 g/mol. The summed E-state index contributed by atoms with van der Waals surface area (Å²) in [5.74, 6) is 0.824. The average molecular weight is 337 g/mol. The van der Waals surface area contributed by atoms with Gasteiger partial charge in [-0.25, -0.2) is 4.98 Å². The molecule has 4 rings (SSSR count). The third kappa shape index (κ3) is 2.55. The standard InChI is InChI=1S/C18H15N3O2S/c1-11-7-8-15(12(2)9-11)23-10-16-20-21-17(22)13-5-3-4-6-14(13)19-18(21)24-16/h3-9H,10H2,1-2H3. The van der Waals surface area contributed by atoms with Gasteiger partial charge < -0.3 is 4.74 Å². The van der Waals surface area contributed by atoms with E-state index in [4.69, 9.17) is 4.74 Å². The summed E-state index contributed by atoms with van der Waals surface area (Å²) in [5, 5.41) is 5.65. The molecule has 5 nitrogen and oxygen atoms in total. The number of benzene rings is 2. The van der Waals surface area contributed by atoms with E-state index in [1.807, 2.05) is 44.2 Å². The number of rotatable bonds is 3. The van der Waals surface area contributed by atoms with E-state index >= 15 is 0 Å². The molecule has 0 saturated carbocycles. The molecule has 4 aromatic rings. The summed E-state index contributed by atoms with van der Waals surface area (Å²) < 4.78 is 7.20. The summed E-state index contributed by atoms with van der Waals surface area (Å²) >= 11 is 1.37. The first-order chi connectivity index (χ1) is 11.6. The van der Waals surface area contributed by atoms with Gasteiger partial charge in [0.15, 0.2) is 5.01 Å². The zero-order valence-corrected chi connectivity index (χ0v) is 14.1. The maximum atomic E-state index is 12.5. The Morgan fingerprint density at radius 2 is 2.00 bits per heavy atom. The zero-order valence-electron chi connectivity index (χ0n) is 13.3. The first-order valence-electron chi connectivity index (χ1n) is 7.59. The second-order valence-electron chi connectivity index (χ2n) is 5.68. The summed E-state index contributed by atoms with van der Waals surface area (Å²) in [6.07, 6.45) is 0. The first kappa shape index (κ1) is 14.8. The highest BCUT2D eigenvalue weighted by molar-refractivity contribution is 7.16. The van der Waals surface area contributed by atoms with Gasteiger partial charge in [0, 0.05) is 0 Å². The number of ether oxygens (including phenoxy) is 1. The Morgan fingerprint density at radius 3 is 2.83 bits per heavy atom. The van der Waals surface area contributed by atoms with Gasteiger partial charge in [-0.15, -0.1) is 0 Å². The zero-order chi connectivity index (χ0) is 16.7. The molecule has 0 unspecified atom stereocenters. The molecule has 0 bridgehead atoms. The van der Waals surface area contributed by atoms with Crippen molar-refractivity contribution in [2.75, 3.05) is 0 Å². The number of fused-ring (bicyclic) bond motifs is 2. The Labute approximate surface area is 142 Å². The van der Waals surface area contributed by atoms with Crippen molar-refractivity contribution in [2.24, 2.45) is 0 Å². The quantitative estimate of drug-likeness (QED) is 0.574. The minimum Gasteiger partial charge on any atom is -0.486 e. The molecule has 0 atom stereocenters. The van der Waals surface area contributed by atoms with Gasteiger partial charge in [0.2, 0.25) is 4.96 Å². The number of para-hydroxylation sites is 1. The van der Waals surface area contributed by atoms with Crippen LogP contribution < -0.4 is 10.3 Å². The largest absolute Gasteiger partial charge is 0.486 e. The smallest absolute Gasteiger partial charge is 0.283 e. The molecule has 2 aromatic heterocycles. The molecule has 0 aliphatic heterocycles. The average Bonchev–Trinajstić information content (AvgIpc) is 2.97. The molecular weight excluding hydrogens is 322 g/mol. The molecule has 2 aromatic carbocycles. The van der Waals surface area contributed by atoms with E-state index in [1.165, 1.54) is 21.4 Å². The van der Waals surface area contributed by atoms with Crippen molar-refractivity contribution < 1.29 is 4.74 Å². The summed E-state index contributed by atoms with van der Waals surface area (Å²) in [7, 11) is 0. The van der Waals surface area contributed by atoms with Gasteiger partial charge in [-0.05, 0) is 37.6 Å². The van der Waals surface area contributed by atoms with E-state index in [2.05, 4.69) is 16.1 Å². The Hall–Kier alpha value is -2.73. The van der Waals surface area contributed by atoms with Crippen molar-refractivity contribution in [1.82, 2.24) is 14.6 Å². The lowest BCUT2D eigenvalue weighted by atomic mass is 10.1. The molecule has 0 radical (unpaired) electrons. The fourth-order valence-electron chi connectivity index (χ4n) is 2.65. The van der Waals surface area contributed by atoms with Crippen molar-refractivity contribution >= 4 is 27.2 Å². The van der Waals surface area contributed by atoms with E-state index in [1.54, 1.807) is 6.07 Å². The fourth-order valence-corrected chi connectivity index (χ4v) is 3.46. The minimum atomic E-state index is -0.149. The Balaban J connectivity index is 1.69. The predicted molar refractivity (Wildman–Crippen MR) is 94.9 cm³/mol. The number of aryl methyl sites for hydroxylation is 2. The molecule has 6 heteroatoms. The van der Waals surface area contributed by atoms with E-state index in [-0.39, 0.29) is 5.56 Å². The van der Waals surface area contributed by atoms with Crippen molar-refractivity contribution in [3.63, 3.8) is 0 Å². The number of aromatic nitrogens is 3. The molecule has 2 heterocycles. The molecule has 0 aliphatic rings. The van der Waals surface area contributed by atoms with Crippen LogP contribution in [0.15, 0.2) is 47.3 Å². The topological polar surface area (TPSA) is 56.5 Å². The van der Waals surface area contributed by atoms with Gasteiger partial charge in [-0.3, -0.25) is 4.79 Å².